The van der Waals surface area contributed by atoms with Crippen molar-refractivity contribution < 1.29 is 4.79 Å². The van der Waals surface area contributed by atoms with Crippen molar-refractivity contribution in [3.05, 3.63) is 12.4 Å². The van der Waals surface area contributed by atoms with Crippen LogP contribution in [0.3, 0.4) is 0 Å². The fraction of sp³-hybridized carbons (Fsp3) is 0.737. The van der Waals surface area contributed by atoms with Gasteiger partial charge in [0.15, 0.2) is 5.96 Å². The fourth-order valence-corrected chi connectivity index (χ4v) is 3.80. The summed E-state index contributed by atoms with van der Waals surface area (Å²) in [7, 11) is 3.65. The summed E-state index contributed by atoms with van der Waals surface area (Å²) >= 11 is 0. The van der Waals surface area contributed by atoms with E-state index in [1.54, 1.807) is 22.8 Å². The molecule has 0 atom stereocenters. The first-order chi connectivity index (χ1) is 13.1. The summed E-state index contributed by atoms with van der Waals surface area (Å²) in [5, 5.41) is 7.59. The van der Waals surface area contributed by atoms with Gasteiger partial charge in [0.05, 0.1) is 11.9 Å². The summed E-state index contributed by atoms with van der Waals surface area (Å²) < 4.78 is 1.72. The van der Waals surface area contributed by atoms with Crippen molar-refractivity contribution in [2.45, 2.75) is 26.2 Å². The molecule has 0 spiro atoms. The van der Waals surface area contributed by atoms with E-state index >= 15 is 0 Å². The first-order valence-corrected chi connectivity index (χ1v) is 10.0. The number of nitrogens with one attached hydrogen (secondary N) is 1. The number of rotatable bonds is 5. The lowest BCUT2D eigenvalue weighted by Crippen LogP contribution is -2.55. The average Bonchev–Trinajstić information content (AvgIpc) is 3.09. The van der Waals surface area contributed by atoms with Crippen molar-refractivity contribution in [1.82, 2.24) is 24.9 Å². The van der Waals surface area contributed by atoms with E-state index in [0.717, 1.165) is 43.6 Å². The molecule has 1 amide bonds. The second kappa shape index (κ2) is 9.21. The summed E-state index contributed by atoms with van der Waals surface area (Å²) in [6, 6.07) is 0. The number of amides is 1. The van der Waals surface area contributed by atoms with Crippen molar-refractivity contribution in [2.75, 3.05) is 57.8 Å². The zero-order valence-corrected chi connectivity index (χ0v) is 16.9. The van der Waals surface area contributed by atoms with E-state index in [-0.39, 0.29) is 5.91 Å². The van der Waals surface area contributed by atoms with Crippen LogP contribution in [0.25, 0.3) is 0 Å². The van der Waals surface area contributed by atoms with E-state index in [4.69, 9.17) is 0 Å². The molecule has 3 rings (SSSR count). The first kappa shape index (κ1) is 19.7. The standard InChI is InChI=1S/C19H33N7O/c1-16-5-9-24(10-6-16)8-4-7-21-19(20-2)25-11-12-26(18(27)15-25)17-13-22-23(3)14-17/h13-14,16H,4-12,15H2,1-3H3,(H,20,21). The zero-order valence-electron chi connectivity index (χ0n) is 16.9. The summed E-state index contributed by atoms with van der Waals surface area (Å²) in [4.78, 5) is 23.3. The average molecular weight is 376 g/mol. The van der Waals surface area contributed by atoms with Crippen molar-refractivity contribution >= 4 is 17.6 Å². The summed E-state index contributed by atoms with van der Waals surface area (Å²) in [6.07, 6.45) is 7.35. The normalized spacial score (nSPS) is 20.4. The molecule has 1 aromatic rings. The summed E-state index contributed by atoms with van der Waals surface area (Å²) in [5.74, 6) is 1.78. The van der Waals surface area contributed by atoms with Gasteiger partial charge in [-0.15, -0.1) is 0 Å². The van der Waals surface area contributed by atoms with Gasteiger partial charge in [-0.1, -0.05) is 6.92 Å². The lowest BCUT2D eigenvalue weighted by atomic mass is 9.99. The van der Waals surface area contributed by atoms with Crippen LogP contribution >= 0.6 is 0 Å². The quantitative estimate of drug-likeness (QED) is 0.468. The lowest BCUT2D eigenvalue weighted by molar-refractivity contribution is -0.120. The van der Waals surface area contributed by atoms with Crippen molar-refractivity contribution in [1.29, 1.82) is 0 Å². The van der Waals surface area contributed by atoms with Gasteiger partial charge < -0.3 is 20.0 Å². The van der Waals surface area contributed by atoms with Crippen LogP contribution in [0.2, 0.25) is 0 Å². The number of aliphatic imine (C=N–C) groups is 1. The van der Waals surface area contributed by atoms with E-state index in [0.29, 0.717) is 13.1 Å². The molecule has 3 heterocycles. The monoisotopic (exact) mass is 375 g/mol. The van der Waals surface area contributed by atoms with Crippen molar-refractivity contribution in [3.8, 4) is 0 Å². The number of hydrogen-bond donors (Lipinski definition) is 1. The predicted molar refractivity (Wildman–Crippen MR) is 108 cm³/mol. The second-order valence-electron chi connectivity index (χ2n) is 7.69. The Kier molecular flexibility index (Phi) is 6.71. The maximum absolute atomic E-state index is 12.6. The van der Waals surface area contributed by atoms with Crippen LogP contribution in [0.1, 0.15) is 26.2 Å². The third-order valence-corrected chi connectivity index (χ3v) is 5.55. The zero-order chi connectivity index (χ0) is 19.2. The van der Waals surface area contributed by atoms with Crippen LogP contribution in [0, 0.1) is 5.92 Å². The van der Waals surface area contributed by atoms with E-state index < -0.39 is 0 Å². The van der Waals surface area contributed by atoms with Crippen LogP contribution < -0.4 is 10.2 Å². The number of carbonyl (C=O) groups is 1. The minimum atomic E-state index is 0.0830. The molecule has 1 N–H and O–H groups in total. The van der Waals surface area contributed by atoms with Gasteiger partial charge in [-0.3, -0.25) is 14.5 Å². The molecule has 27 heavy (non-hydrogen) atoms. The van der Waals surface area contributed by atoms with Gasteiger partial charge in [0.2, 0.25) is 5.91 Å². The molecule has 0 saturated carbocycles. The largest absolute Gasteiger partial charge is 0.356 e. The molecule has 1 aromatic heterocycles. The van der Waals surface area contributed by atoms with Crippen LogP contribution in [-0.4, -0.2) is 84.3 Å². The third kappa shape index (κ3) is 5.22. The molecule has 2 aliphatic rings. The van der Waals surface area contributed by atoms with E-state index in [1.807, 2.05) is 18.1 Å². The molecule has 8 nitrogen and oxygen atoms in total. The van der Waals surface area contributed by atoms with Crippen molar-refractivity contribution in [3.63, 3.8) is 0 Å². The molecule has 2 aliphatic heterocycles. The Morgan fingerprint density at radius 2 is 2.07 bits per heavy atom. The maximum Gasteiger partial charge on any atom is 0.246 e. The molecule has 0 unspecified atom stereocenters. The highest BCUT2D eigenvalue weighted by molar-refractivity contribution is 5.98. The minimum Gasteiger partial charge on any atom is -0.356 e. The highest BCUT2D eigenvalue weighted by atomic mass is 16.2. The Morgan fingerprint density at radius 3 is 2.70 bits per heavy atom. The second-order valence-corrected chi connectivity index (χ2v) is 7.69. The van der Waals surface area contributed by atoms with Crippen LogP contribution in [0.4, 0.5) is 5.69 Å². The number of anilines is 1. The van der Waals surface area contributed by atoms with E-state index in [9.17, 15) is 4.79 Å². The smallest absolute Gasteiger partial charge is 0.246 e. The van der Waals surface area contributed by atoms with E-state index in [1.165, 1.54) is 25.9 Å². The molecular weight excluding hydrogens is 342 g/mol. The number of aromatic nitrogens is 2. The number of piperidine rings is 1. The highest BCUT2D eigenvalue weighted by Crippen LogP contribution is 2.17. The van der Waals surface area contributed by atoms with Crippen molar-refractivity contribution in [2.24, 2.45) is 18.0 Å². The minimum absolute atomic E-state index is 0.0830. The van der Waals surface area contributed by atoms with Gasteiger partial charge in [0.1, 0.15) is 6.54 Å². The SMILES string of the molecule is CN=C(NCCCN1CCC(C)CC1)N1CCN(c2cnn(C)c2)C(=O)C1. The fourth-order valence-electron chi connectivity index (χ4n) is 3.80. The van der Waals surface area contributed by atoms with Crippen LogP contribution in [0.15, 0.2) is 17.4 Å². The number of nitrogens with zero attached hydrogens (tertiary/aromatic N) is 6. The van der Waals surface area contributed by atoms with Gasteiger partial charge in [-0.2, -0.15) is 5.10 Å². The molecule has 0 aliphatic carbocycles. The summed E-state index contributed by atoms with van der Waals surface area (Å²) in [5.41, 5.74) is 0.862. The Balaban J connectivity index is 1.41. The van der Waals surface area contributed by atoms with Gasteiger partial charge in [-0.05, 0) is 44.8 Å². The number of carbonyl (C=O) groups excluding carboxylic acids is 1. The van der Waals surface area contributed by atoms with Gasteiger partial charge in [-0.25, -0.2) is 0 Å². The highest BCUT2D eigenvalue weighted by Gasteiger charge is 2.27. The lowest BCUT2D eigenvalue weighted by Gasteiger charge is -2.35. The Labute approximate surface area is 162 Å². The first-order valence-electron chi connectivity index (χ1n) is 10.0. The molecule has 0 radical (unpaired) electrons. The topological polar surface area (TPSA) is 69.0 Å². The number of likely N-dealkylation sites (tertiary alicyclic amines) is 1. The molecule has 0 aromatic carbocycles. The van der Waals surface area contributed by atoms with Gasteiger partial charge >= 0.3 is 0 Å². The predicted octanol–water partition coefficient (Wildman–Crippen LogP) is 0.766. The molecule has 2 saturated heterocycles. The van der Waals surface area contributed by atoms with Crippen LogP contribution in [-0.2, 0) is 11.8 Å². The molecule has 0 bridgehead atoms. The van der Waals surface area contributed by atoms with Gasteiger partial charge in [0.25, 0.3) is 0 Å². The molecule has 2 fully saturated rings. The van der Waals surface area contributed by atoms with Crippen LogP contribution in [0.5, 0.6) is 0 Å². The van der Waals surface area contributed by atoms with Gasteiger partial charge in [0, 0.05) is 39.9 Å². The number of hydrogen-bond acceptors (Lipinski definition) is 4. The molecule has 150 valence electrons. The third-order valence-electron chi connectivity index (χ3n) is 5.55. The Bertz CT molecular complexity index is 648. The number of piperazine rings is 1. The summed E-state index contributed by atoms with van der Waals surface area (Å²) in [6.45, 7) is 8.57. The maximum atomic E-state index is 12.6. The number of guanidine groups is 1. The Morgan fingerprint density at radius 1 is 1.30 bits per heavy atom. The Hall–Kier alpha value is -2.09. The molecular formula is C19H33N7O. The number of aryl methyl sites for hydroxylation is 1. The molecule has 8 heteroatoms. The van der Waals surface area contributed by atoms with E-state index in [2.05, 4.69) is 27.2 Å².